The van der Waals surface area contributed by atoms with Gasteiger partial charge in [0.25, 0.3) is 5.56 Å². The number of fused-ring (bicyclic) bond motifs is 1. The molecule has 1 unspecified atom stereocenters. The lowest BCUT2D eigenvalue weighted by Crippen LogP contribution is -2.34. The molecule has 1 N–H and O–H groups in total. The molecule has 2 aromatic carbocycles. The second-order valence-corrected chi connectivity index (χ2v) is 8.45. The monoisotopic (exact) mass is 498 g/mol. The fraction of sp³-hybridized carbons (Fsp3) is 0.185. The maximum absolute atomic E-state index is 13.9. The lowest BCUT2D eigenvalue weighted by molar-refractivity contribution is -0.119. The predicted octanol–water partition coefficient (Wildman–Crippen LogP) is 3.90. The summed E-state index contributed by atoms with van der Waals surface area (Å²) in [5.41, 5.74) is 1.83. The second kappa shape index (κ2) is 9.65. The van der Waals surface area contributed by atoms with Crippen LogP contribution in [0.25, 0.3) is 22.4 Å². The first-order valence-electron chi connectivity index (χ1n) is 11.7. The standard InChI is InChI=1S/C27H26N6O4/c1-17-24-23(26(31-14-8-9-15-31)33(30-24)19-10-6-5-7-11-19)27(35)32(29-17)18(2)25(34)28-21-13-12-20(36-3)16-22(21)37-4/h5-16,18H,1-4H3,(H,28,34). The van der Waals surface area contributed by atoms with Crippen molar-refractivity contribution in [3.63, 3.8) is 0 Å². The Bertz CT molecular complexity index is 1640. The summed E-state index contributed by atoms with van der Waals surface area (Å²) in [7, 11) is 3.05. The molecule has 3 heterocycles. The van der Waals surface area contributed by atoms with Crippen molar-refractivity contribution in [2.75, 3.05) is 19.5 Å². The summed E-state index contributed by atoms with van der Waals surface area (Å²) in [6.45, 7) is 3.40. The van der Waals surface area contributed by atoms with Crippen LogP contribution in [0.15, 0.2) is 77.9 Å². The number of methoxy groups -OCH3 is 2. The summed E-state index contributed by atoms with van der Waals surface area (Å²) >= 11 is 0. The van der Waals surface area contributed by atoms with Gasteiger partial charge in [0.1, 0.15) is 28.4 Å². The van der Waals surface area contributed by atoms with E-state index in [2.05, 4.69) is 10.4 Å². The fourth-order valence-electron chi connectivity index (χ4n) is 4.20. The molecule has 5 rings (SSSR count). The van der Waals surface area contributed by atoms with Gasteiger partial charge < -0.3 is 19.4 Å². The molecule has 3 aromatic heterocycles. The number of hydrogen-bond donors (Lipinski definition) is 1. The van der Waals surface area contributed by atoms with E-state index in [-0.39, 0.29) is 0 Å². The van der Waals surface area contributed by atoms with Crippen LogP contribution in [-0.2, 0) is 4.79 Å². The molecule has 10 heteroatoms. The second-order valence-electron chi connectivity index (χ2n) is 8.45. The van der Waals surface area contributed by atoms with Gasteiger partial charge in [-0.25, -0.2) is 9.36 Å². The Morgan fingerprint density at radius 3 is 2.38 bits per heavy atom. The number of ether oxygens (including phenoxy) is 2. The number of amides is 1. The van der Waals surface area contributed by atoms with Crippen molar-refractivity contribution >= 4 is 22.5 Å². The number of carbonyl (C=O) groups excluding carboxylic acids is 1. The zero-order valence-electron chi connectivity index (χ0n) is 20.9. The highest BCUT2D eigenvalue weighted by Gasteiger charge is 2.26. The summed E-state index contributed by atoms with van der Waals surface area (Å²) in [5.74, 6) is 1.18. The van der Waals surface area contributed by atoms with Gasteiger partial charge in [-0.15, -0.1) is 0 Å². The van der Waals surface area contributed by atoms with Crippen LogP contribution in [0.3, 0.4) is 0 Å². The highest BCUT2D eigenvalue weighted by molar-refractivity contribution is 5.95. The van der Waals surface area contributed by atoms with Crippen LogP contribution in [0.5, 0.6) is 11.5 Å². The third-order valence-corrected chi connectivity index (χ3v) is 6.15. The Morgan fingerprint density at radius 1 is 0.973 bits per heavy atom. The van der Waals surface area contributed by atoms with E-state index in [4.69, 9.17) is 14.6 Å². The summed E-state index contributed by atoms with van der Waals surface area (Å²) < 4.78 is 15.4. The van der Waals surface area contributed by atoms with Crippen LogP contribution in [0, 0.1) is 6.92 Å². The molecule has 0 fully saturated rings. The quantitative estimate of drug-likeness (QED) is 0.365. The maximum atomic E-state index is 13.9. The van der Waals surface area contributed by atoms with E-state index in [0.717, 1.165) is 5.69 Å². The van der Waals surface area contributed by atoms with E-state index in [0.29, 0.717) is 39.6 Å². The number of aromatic nitrogens is 5. The zero-order chi connectivity index (χ0) is 26.1. The third kappa shape index (κ3) is 4.22. The first kappa shape index (κ1) is 23.9. The summed E-state index contributed by atoms with van der Waals surface area (Å²) in [6, 6.07) is 17.5. The molecule has 5 aromatic rings. The molecular weight excluding hydrogens is 472 g/mol. The van der Waals surface area contributed by atoms with E-state index in [1.54, 1.807) is 43.8 Å². The average Bonchev–Trinajstić information content (AvgIpc) is 3.59. The van der Waals surface area contributed by atoms with Gasteiger partial charge in [-0.1, -0.05) is 18.2 Å². The number of benzene rings is 2. The lowest BCUT2D eigenvalue weighted by atomic mass is 10.2. The molecule has 0 bridgehead atoms. The van der Waals surface area contributed by atoms with Crippen molar-refractivity contribution in [1.82, 2.24) is 24.1 Å². The minimum Gasteiger partial charge on any atom is -0.497 e. The van der Waals surface area contributed by atoms with Crippen LogP contribution in [0.1, 0.15) is 18.7 Å². The van der Waals surface area contributed by atoms with Gasteiger partial charge in [-0.3, -0.25) is 9.59 Å². The first-order chi connectivity index (χ1) is 17.9. The largest absolute Gasteiger partial charge is 0.497 e. The van der Waals surface area contributed by atoms with Crippen molar-refractivity contribution in [2.45, 2.75) is 19.9 Å². The predicted molar refractivity (Wildman–Crippen MR) is 140 cm³/mol. The van der Waals surface area contributed by atoms with Gasteiger partial charge in [-0.05, 0) is 50.2 Å². The van der Waals surface area contributed by atoms with Gasteiger partial charge in [0.15, 0.2) is 5.82 Å². The van der Waals surface area contributed by atoms with Crippen LogP contribution < -0.4 is 20.3 Å². The highest BCUT2D eigenvalue weighted by atomic mass is 16.5. The Morgan fingerprint density at radius 2 is 1.70 bits per heavy atom. The van der Waals surface area contributed by atoms with Crippen LogP contribution in [-0.4, -0.2) is 44.3 Å². The molecule has 0 aliphatic carbocycles. The normalized spacial score (nSPS) is 11.9. The maximum Gasteiger partial charge on any atom is 0.280 e. The number of nitrogens with zero attached hydrogens (tertiary/aromatic N) is 5. The van der Waals surface area contributed by atoms with Gasteiger partial charge in [0, 0.05) is 18.5 Å². The van der Waals surface area contributed by atoms with Crippen molar-refractivity contribution in [3.8, 4) is 23.0 Å². The van der Waals surface area contributed by atoms with E-state index < -0.39 is 17.5 Å². The van der Waals surface area contributed by atoms with Gasteiger partial charge in [0.05, 0.1) is 31.3 Å². The number of hydrogen-bond acceptors (Lipinski definition) is 6. The summed E-state index contributed by atoms with van der Waals surface area (Å²) in [6.07, 6.45) is 3.70. The number of aryl methyl sites for hydroxylation is 1. The number of para-hydroxylation sites is 1. The smallest absolute Gasteiger partial charge is 0.280 e. The highest BCUT2D eigenvalue weighted by Crippen LogP contribution is 2.30. The van der Waals surface area contributed by atoms with Gasteiger partial charge >= 0.3 is 0 Å². The molecule has 1 atom stereocenters. The molecule has 1 amide bonds. The fourth-order valence-corrected chi connectivity index (χ4v) is 4.20. The number of anilines is 1. The molecule has 188 valence electrons. The molecule has 0 radical (unpaired) electrons. The molecule has 37 heavy (non-hydrogen) atoms. The average molecular weight is 499 g/mol. The molecule has 0 spiro atoms. The zero-order valence-corrected chi connectivity index (χ0v) is 20.9. The topological polar surface area (TPSA) is 105 Å². The molecule has 10 nitrogen and oxygen atoms in total. The van der Waals surface area contributed by atoms with Crippen LogP contribution >= 0.6 is 0 Å². The van der Waals surface area contributed by atoms with E-state index in [1.807, 2.05) is 59.4 Å². The first-order valence-corrected chi connectivity index (χ1v) is 11.7. The Labute approximate surface area is 212 Å². The third-order valence-electron chi connectivity index (χ3n) is 6.15. The number of nitrogens with one attached hydrogen (secondary N) is 1. The van der Waals surface area contributed by atoms with Gasteiger partial charge in [0.2, 0.25) is 5.91 Å². The summed E-state index contributed by atoms with van der Waals surface area (Å²) in [4.78, 5) is 27.1. The minimum absolute atomic E-state index is 0.370. The molecule has 0 saturated carbocycles. The van der Waals surface area contributed by atoms with E-state index >= 15 is 0 Å². The van der Waals surface area contributed by atoms with Crippen molar-refractivity contribution in [2.24, 2.45) is 0 Å². The number of carbonyl (C=O) groups is 1. The van der Waals surface area contributed by atoms with E-state index in [1.165, 1.54) is 11.8 Å². The van der Waals surface area contributed by atoms with Crippen molar-refractivity contribution in [1.29, 1.82) is 0 Å². The van der Waals surface area contributed by atoms with Crippen molar-refractivity contribution in [3.05, 3.63) is 89.1 Å². The summed E-state index contributed by atoms with van der Waals surface area (Å²) in [5, 5.41) is 12.4. The van der Waals surface area contributed by atoms with Crippen LogP contribution in [0.4, 0.5) is 5.69 Å². The Hall–Kier alpha value is -4.86. The van der Waals surface area contributed by atoms with Gasteiger partial charge in [-0.2, -0.15) is 10.2 Å². The molecule has 0 saturated heterocycles. The van der Waals surface area contributed by atoms with Crippen LogP contribution in [0.2, 0.25) is 0 Å². The molecule has 0 aliphatic heterocycles. The molecular formula is C27H26N6O4. The Kier molecular flexibility index (Phi) is 6.22. The van der Waals surface area contributed by atoms with E-state index in [9.17, 15) is 9.59 Å². The molecule has 0 aliphatic rings. The minimum atomic E-state index is -0.917. The number of rotatable bonds is 7. The van der Waals surface area contributed by atoms with Crippen molar-refractivity contribution < 1.29 is 14.3 Å². The SMILES string of the molecule is COc1ccc(NC(=O)C(C)n2nc(C)c3nn(-c4ccccc4)c(-n4cccc4)c3c2=O)c(OC)c1. The lowest BCUT2D eigenvalue weighted by Gasteiger charge is -2.17. The Balaban J connectivity index is 1.62.